The molecule has 1 rings (SSSR count). The molecule has 0 bridgehead atoms. The Morgan fingerprint density at radius 2 is 2.29 bits per heavy atom. The van der Waals surface area contributed by atoms with Crippen LogP contribution in [0.5, 0.6) is 0 Å². The van der Waals surface area contributed by atoms with Gasteiger partial charge in [0, 0.05) is 13.6 Å². The Labute approximate surface area is 90.1 Å². The first kappa shape index (κ1) is 11.4. The van der Waals surface area contributed by atoms with Gasteiger partial charge in [-0.05, 0) is 12.3 Å². The summed E-state index contributed by atoms with van der Waals surface area (Å²) in [5.74, 6) is 1.10. The molecule has 0 atom stereocenters. The molecule has 3 nitrogen and oxygen atoms in total. The predicted molar refractivity (Wildman–Crippen MR) is 58.8 cm³/mol. The van der Waals surface area contributed by atoms with E-state index in [9.17, 15) is 0 Å². The molecule has 0 amide bonds. The summed E-state index contributed by atoms with van der Waals surface area (Å²) in [6, 6.07) is 0.654. The van der Waals surface area contributed by atoms with Crippen molar-refractivity contribution in [2.75, 3.05) is 18.5 Å². The molecule has 0 spiro atoms. The molecule has 0 saturated heterocycles. The first-order valence-electron chi connectivity index (χ1n) is 4.85. The summed E-state index contributed by atoms with van der Waals surface area (Å²) in [5, 5.41) is 0. The van der Waals surface area contributed by atoms with Crippen LogP contribution in [0.15, 0.2) is 10.7 Å². The Bertz CT molecular complexity index is 273. The fourth-order valence-corrected chi connectivity index (χ4v) is 1.20. The molecule has 0 aliphatic rings. The minimum Gasteiger partial charge on any atom is -0.432 e. The van der Waals surface area contributed by atoms with Crippen LogP contribution in [0, 0.1) is 5.92 Å². The van der Waals surface area contributed by atoms with Gasteiger partial charge in [0.05, 0.1) is 11.6 Å². The normalized spacial score (nSPS) is 10.9. The number of aromatic nitrogens is 1. The Balaban J connectivity index is 2.47. The maximum atomic E-state index is 5.63. The molecule has 14 heavy (non-hydrogen) atoms. The van der Waals surface area contributed by atoms with E-state index in [1.54, 1.807) is 6.26 Å². The van der Waals surface area contributed by atoms with Crippen LogP contribution in [-0.2, 0) is 5.88 Å². The number of oxazole rings is 1. The summed E-state index contributed by atoms with van der Waals surface area (Å²) in [6.45, 7) is 5.36. The lowest BCUT2D eigenvalue weighted by molar-refractivity contribution is 0.521. The molecule has 0 N–H and O–H groups in total. The summed E-state index contributed by atoms with van der Waals surface area (Å²) < 4.78 is 5.28. The van der Waals surface area contributed by atoms with E-state index in [1.165, 1.54) is 0 Å². The largest absolute Gasteiger partial charge is 0.432 e. The van der Waals surface area contributed by atoms with Crippen LogP contribution >= 0.6 is 11.6 Å². The van der Waals surface area contributed by atoms with Gasteiger partial charge in [0.1, 0.15) is 6.26 Å². The van der Waals surface area contributed by atoms with Gasteiger partial charge in [-0.3, -0.25) is 0 Å². The highest BCUT2D eigenvalue weighted by molar-refractivity contribution is 6.16. The zero-order chi connectivity index (χ0) is 10.6. The second kappa shape index (κ2) is 5.25. The molecule has 0 saturated carbocycles. The monoisotopic (exact) mass is 216 g/mol. The van der Waals surface area contributed by atoms with Crippen LogP contribution in [-0.4, -0.2) is 18.6 Å². The van der Waals surface area contributed by atoms with Gasteiger partial charge in [0.2, 0.25) is 0 Å². The average Bonchev–Trinajstić information content (AvgIpc) is 2.62. The summed E-state index contributed by atoms with van der Waals surface area (Å²) in [6.07, 6.45) is 2.74. The molecule has 80 valence electrons. The van der Waals surface area contributed by atoms with Crippen molar-refractivity contribution < 1.29 is 4.42 Å². The van der Waals surface area contributed by atoms with E-state index < -0.39 is 0 Å². The number of hydrogen-bond acceptors (Lipinski definition) is 3. The molecule has 0 aliphatic carbocycles. The number of rotatable bonds is 5. The standard InChI is InChI=1S/C10H17ClN2O/c1-8(2)4-5-13(3)10-12-9(6-11)7-14-10/h7-8H,4-6H2,1-3H3. The van der Waals surface area contributed by atoms with E-state index in [-0.39, 0.29) is 0 Å². The topological polar surface area (TPSA) is 29.3 Å². The van der Waals surface area contributed by atoms with E-state index in [2.05, 4.69) is 18.8 Å². The fourth-order valence-electron chi connectivity index (χ4n) is 1.08. The van der Waals surface area contributed by atoms with Gasteiger partial charge in [-0.15, -0.1) is 11.6 Å². The summed E-state index contributed by atoms with van der Waals surface area (Å²) in [7, 11) is 1.98. The molecular weight excluding hydrogens is 200 g/mol. The number of alkyl halides is 1. The number of anilines is 1. The number of nitrogens with zero attached hydrogens (tertiary/aromatic N) is 2. The van der Waals surface area contributed by atoms with Crippen molar-refractivity contribution in [1.82, 2.24) is 4.98 Å². The molecule has 1 aromatic rings. The van der Waals surface area contributed by atoms with E-state index in [0.29, 0.717) is 17.8 Å². The van der Waals surface area contributed by atoms with E-state index in [4.69, 9.17) is 16.0 Å². The molecule has 0 fully saturated rings. The van der Waals surface area contributed by atoms with Gasteiger partial charge < -0.3 is 9.32 Å². The number of hydrogen-bond donors (Lipinski definition) is 0. The van der Waals surface area contributed by atoms with Gasteiger partial charge in [-0.25, -0.2) is 0 Å². The Kier molecular flexibility index (Phi) is 4.26. The Hall–Kier alpha value is -0.700. The maximum Gasteiger partial charge on any atom is 0.297 e. The van der Waals surface area contributed by atoms with Crippen molar-refractivity contribution in [1.29, 1.82) is 0 Å². The lowest BCUT2D eigenvalue weighted by Crippen LogP contribution is -2.20. The highest BCUT2D eigenvalue weighted by Gasteiger charge is 2.08. The van der Waals surface area contributed by atoms with Crippen LogP contribution in [0.25, 0.3) is 0 Å². The van der Waals surface area contributed by atoms with Crippen LogP contribution < -0.4 is 4.90 Å². The van der Waals surface area contributed by atoms with Crippen LogP contribution in [0.2, 0.25) is 0 Å². The quantitative estimate of drug-likeness (QED) is 0.709. The average molecular weight is 217 g/mol. The third-order valence-electron chi connectivity index (χ3n) is 2.04. The lowest BCUT2D eigenvalue weighted by atomic mass is 10.1. The minimum absolute atomic E-state index is 0.404. The molecule has 0 aromatic carbocycles. The molecule has 4 heteroatoms. The zero-order valence-corrected chi connectivity index (χ0v) is 9.71. The lowest BCUT2D eigenvalue weighted by Gasteiger charge is -2.15. The van der Waals surface area contributed by atoms with Crippen molar-refractivity contribution >= 4 is 17.6 Å². The van der Waals surface area contributed by atoms with E-state index in [1.807, 2.05) is 11.9 Å². The van der Waals surface area contributed by atoms with Gasteiger partial charge >= 0.3 is 0 Å². The second-order valence-electron chi connectivity index (χ2n) is 3.86. The van der Waals surface area contributed by atoms with Crippen molar-refractivity contribution in [3.8, 4) is 0 Å². The third-order valence-corrected chi connectivity index (χ3v) is 2.32. The van der Waals surface area contributed by atoms with Crippen molar-refractivity contribution in [2.45, 2.75) is 26.1 Å². The van der Waals surface area contributed by atoms with Crippen molar-refractivity contribution in [3.63, 3.8) is 0 Å². The number of halogens is 1. The smallest absolute Gasteiger partial charge is 0.297 e. The van der Waals surface area contributed by atoms with Crippen LogP contribution in [0.4, 0.5) is 6.01 Å². The summed E-state index contributed by atoms with van der Waals surface area (Å²) in [4.78, 5) is 6.24. The minimum atomic E-state index is 0.404. The molecule has 1 heterocycles. The van der Waals surface area contributed by atoms with Gasteiger partial charge in [-0.2, -0.15) is 4.98 Å². The van der Waals surface area contributed by atoms with Gasteiger partial charge in [0.25, 0.3) is 6.01 Å². The maximum absolute atomic E-state index is 5.63. The van der Waals surface area contributed by atoms with Gasteiger partial charge in [-0.1, -0.05) is 13.8 Å². The Morgan fingerprint density at radius 1 is 1.57 bits per heavy atom. The first-order chi connectivity index (χ1) is 6.63. The summed E-state index contributed by atoms with van der Waals surface area (Å²) >= 11 is 5.63. The van der Waals surface area contributed by atoms with E-state index in [0.717, 1.165) is 18.7 Å². The molecule has 0 aliphatic heterocycles. The third kappa shape index (κ3) is 3.22. The Morgan fingerprint density at radius 3 is 2.79 bits per heavy atom. The predicted octanol–water partition coefficient (Wildman–Crippen LogP) is 2.90. The SMILES string of the molecule is CC(C)CCN(C)c1nc(CCl)co1. The highest BCUT2D eigenvalue weighted by Crippen LogP contribution is 2.14. The fraction of sp³-hybridized carbons (Fsp3) is 0.700. The first-order valence-corrected chi connectivity index (χ1v) is 5.38. The molecule has 1 aromatic heterocycles. The van der Waals surface area contributed by atoms with Crippen molar-refractivity contribution in [2.24, 2.45) is 5.92 Å². The van der Waals surface area contributed by atoms with Crippen molar-refractivity contribution in [3.05, 3.63) is 12.0 Å². The highest BCUT2D eigenvalue weighted by atomic mass is 35.5. The van der Waals surface area contributed by atoms with Crippen LogP contribution in [0.3, 0.4) is 0 Å². The van der Waals surface area contributed by atoms with Crippen LogP contribution in [0.1, 0.15) is 26.0 Å². The molecule has 0 radical (unpaired) electrons. The van der Waals surface area contributed by atoms with Gasteiger partial charge in [0.15, 0.2) is 0 Å². The second-order valence-corrected chi connectivity index (χ2v) is 4.13. The zero-order valence-electron chi connectivity index (χ0n) is 8.96. The molecule has 0 unspecified atom stereocenters. The summed E-state index contributed by atoms with van der Waals surface area (Å²) in [5.41, 5.74) is 0.790. The molecular formula is C10H17ClN2O. The van der Waals surface area contributed by atoms with E-state index >= 15 is 0 Å².